The molecule has 3 rings (SSSR count). The first kappa shape index (κ1) is 12.4. The molecule has 0 radical (unpaired) electrons. The van der Waals surface area contributed by atoms with Crippen molar-refractivity contribution in [3.8, 4) is 0 Å². The van der Waals surface area contributed by atoms with Crippen molar-refractivity contribution in [3.63, 3.8) is 0 Å². The highest BCUT2D eigenvalue weighted by Gasteiger charge is 2.40. The fourth-order valence-corrected chi connectivity index (χ4v) is 1.39. The van der Waals surface area contributed by atoms with E-state index in [2.05, 4.69) is 5.48 Å². The van der Waals surface area contributed by atoms with Gasteiger partial charge in [0.15, 0.2) is 17.3 Å². The Morgan fingerprint density at radius 1 is 0.944 bits per heavy atom. The Morgan fingerprint density at radius 2 is 1.39 bits per heavy atom. The van der Waals surface area contributed by atoms with Gasteiger partial charge < -0.3 is 0 Å². The molecule has 1 N–H and O–H groups in total. The molecule has 1 heterocycles. The lowest BCUT2D eigenvalue weighted by Gasteiger charge is -1.99. The second kappa shape index (κ2) is 5.08. The third-order valence-corrected chi connectivity index (χ3v) is 2.56. The van der Waals surface area contributed by atoms with Crippen molar-refractivity contribution in [2.24, 2.45) is 0 Å². The molecule has 1 atom stereocenters. The van der Waals surface area contributed by atoms with Gasteiger partial charge in [-0.2, -0.15) is 5.48 Å². The minimum Gasteiger partial charge on any atom is -0.290 e. The van der Waals surface area contributed by atoms with Crippen LogP contribution >= 0.6 is 0 Å². The summed E-state index contributed by atoms with van der Waals surface area (Å²) in [7, 11) is 0. The first-order valence-corrected chi connectivity index (χ1v) is 5.55. The first-order chi connectivity index (χ1) is 8.60. The zero-order valence-electron chi connectivity index (χ0n) is 9.92. The van der Waals surface area contributed by atoms with Crippen LogP contribution in [0.15, 0.2) is 54.6 Å². The van der Waals surface area contributed by atoms with Gasteiger partial charge in [-0.05, 0) is 31.2 Å². The number of carbonyl (C=O) groups excluding carboxylic acids is 2. The van der Waals surface area contributed by atoms with Crippen LogP contribution in [0.4, 0.5) is 0 Å². The summed E-state index contributed by atoms with van der Waals surface area (Å²) in [5, 5.41) is 0. The number of hydrogen-bond acceptors (Lipinski definition) is 4. The molecular weight excluding hydrogens is 230 g/mol. The molecule has 92 valence electrons. The smallest absolute Gasteiger partial charge is 0.184 e. The van der Waals surface area contributed by atoms with Gasteiger partial charge in [0, 0.05) is 5.56 Å². The Morgan fingerprint density at radius 3 is 1.78 bits per heavy atom. The number of rotatable bonds is 1. The van der Waals surface area contributed by atoms with Gasteiger partial charge in [-0.15, -0.1) is 0 Å². The zero-order valence-corrected chi connectivity index (χ0v) is 9.92. The van der Waals surface area contributed by atoms with Gasteiger partial charge in [0.1, 0.15) is 0 Å². The molecule has 0 bridgehead atoms. The standard InChI is InChI=1S/C8H9NO.C6H4O2/c1-8(9-10-8)7-5-3-2-4-6-7;7-5-1-2-6(8)4-3-5/h2-6,9H,1H3;1-4H. The number of ketones is 2. The molecule has 1 saturated heterocycles. The van der Waals surface area contributed by atoms with Gasteiger partial charge in [0.2, 0.25) is 0 Å². The van der Waals surface area contributed by atoms with Gasteiger partial charge in [0.05, 0.1) is 0 Å². The summed E-state index contributed by atoms with van der Waals surface area (Å²) in [5.41, 5.74) is 3.80. The van der Waals surface area contributed by atoms with Crippen LogP contribution in [-0.2, 0) is 20.2 Å². The van der Waals surface area contributed by atoms with Crippen LogP contribution in [-0.4, -0.2) is 11.6 Å². The lowest BCUT2D eigenvalue weighted by molar-refractivity contribution is -0.113. The van der Waals surface area contributed by atoms with Crippen molar-refractivity contribution >= 4 is 11.6 Å². The van der Waals surface area contributed by atoms with E-state index in [0.717, 1.165) is 0 Å². The molecule has 1 fully saturated rings. The fraction of sp³-hybridized carbons (Fsp3) is 0.143. The predicted molar refractivity (Wildman–Crippen MR) is 66.3 cm³/mol. The maximum absolute atomic E-state index is 10.3. The summed E-state index contributed by atoms with van der Waals surface area (Å²) in [5.74, 6) is -0.241. The van der Waals surface area contributed by atoms with E-state index in [4.69, 9.17) is 4.84 Å². The summed E-state index contributed by atoms with van der Waals surface area (Å²) in [6.45, 7) is 2.00. The first-order valence-electron chi connectivity index (χ1n) is 5.55. The van der Waals surface area contributed by atoms with Gasteiger partial charge in [-0.3, -0.25) is 14.4 Å². The maximum Gasteiger partial charge on any atom is 0.184 e. The largest absolute Gasteiger partial charge is 0.290 e. The summed E-state index contributed by atoms with van der Waals surface area (Å²) >= 11 is 0. The number of carbonyl (C=O) groups is 2. The van der Waals surface area contributed by atoms with E-state index >= 15 is 0 Å². The fourth-order valence-electron chi connectivity index (χ4n) is 1.39. The normalized spacial score (nSPS) is 24.5. The van der Waals surface area contributed by atoms with Crippen molar-refractivity contribution in [1.82, 2.24) is 5.48 Å². The summed E-state index contributed by atoms with van der Waals surface area (Å²) < 4.78 is 0. The second-order valence-electron chi connectivity index (χ2n) is 4.07. The molecule has 1 aliphatic carbocycles. The van der Waals surface area contributed by atoms with E-state index in [1.54, 1.807) is 0 Å². The number of nitrogens with one attached hydrogen (secondary N) is 1. The molecule has 4 heteroatoms. The number of allylic oxidation sites excluding steroid dienone is 4. The summed E-state index contributed by atoms with van der Waals surface area (Å²) in [4.78, 5) is 25.6. The molecule has 4 nitrogen and oxygen atoms in total. The summed E-state index contributed by atoms with van der Waals surface area (Å²) in [6, 6.07) is 10.1. The topological polar surface area (TPSA) is 68.6 Å². The van der Waals surface area contributed by atoms with Crippen molar-refractivity contribution in [3.05, 3.63) is 60.2 Å². The molecule has 1 aromatic carbocycles. The molecule has 1 aliphatic heterocycles. The number of benzene rings is 1. The summed E-state index contributed by atoms with van der Waals surface area (Å²) in [6.07, 6.45) is 5.01. The van der Waals surface area contributed by atoms with Crippen LogP contribution in [0.2, 0.25) is 0 Å². The SMILES string of the molecule is CC1(c2ccccc2)NO1.O=C1C=CC(=O)C=C1. The van der Waals surface area contributed by atoms with Crippen LogP contribution in [0.1, 0.15) is 12.5 Å². The second-order valence-corrected chi connectivity index (χ2v) is 4.07. The Bertz CT molecular complexity index is 475. The van der Waals surface area contributed by atoms with Gasteiger partial charge in [0.25, 0.3) is 0 Å². The molecule has 18 heavy (non-hydrogen) atoms. The third kappa shape index (κ3) is 3.23. The lowest BCUT2D eigenvalue weighted by Crippen LogP contribution is -2.05. The number of hydrogen-bond donors (Lipinski definition) is 1. The lowest BCUT2D eigenvalue weighted by atomic mass is 10.1. The molecule has 0 aromatic heterocycles. The zero-order chi connectivity index (χ0) is 13.0. The Kier molecular flexibility index (Phi) is 3.50. The van der Waals surface area contributed by atoms with E-state index in [1.165, 1.54) is 29.9 Å². The van der Waals surface area contributed by atoms with E-state index in [9.17, 15) is 9.59 Å². The van der Waals surface area contributed by atoms with Gasteiger partial charge >= 0.3 is 0 Å². The average Bonchev–Trinajstić information content (AvgIpc) is 3.15. The van der Waals surface area contributed by atoms with Crippen LogP contribution in [0.5, 0.6) is 0 Å². The third-order valence-electron chi connectivity index (χ3n) is 2.56. The quantitative estimate of drug-likeness (QED) is 0.601. The molecule has 0 amide bonds. The molecule has 0 saturated carbocycles. The van der Waals surface area contributed by atoms with Crippen molar-refractivity contribution in [1.29, 1.82) is 0 Å². The predicted octanol–water partition coefficient (Wildman–Crippen LogP) is 1.64. The van der Waals surface area contributed by atoms with Crippen molar-refractivity contribution in [2.75, 3.05) is 0 Å². The van der Waals surface area contributed by atoms with Crippen molar-refractivity contribution < 1.29 is 14.4 Å². The highest BCUT2D eigenvalue weighted by molar-refractivity contribution is 6.14. The van der Waals surface area contributed by atoms with E-state index in [0.29, 0.717) is 0 Å². The maximum atomic E-state index is 10.3. The monoisotopic (exact) mass is 243 g/mol. The van der Waals surface area contributed by atoms with E-state index < -0.39 is 0 Å². The van der Waals surface area contributed by atoms with Gasteiger partial charge in [-0.1, -0.05) is 30.3 Å². The Labute approximate surface area is 105 Å². The van der Waals surface area contributed by atoms with E-state index in [1.807, 2.05) is 37.3 Å². The minimum absolute atomic E-state index is 0.121. The van der Waals surface area contributed by atoms with Crippen LogP contribution in [0, 0.1) is 0 Å². The average molecular weight is 243 g/mol. The molecule has 0 spiro atoms. The van der Waals surface area contributed by atoms with Crippen LogP contribution in [0.3, 0.4) is 0 Å². The Hall–Kier alpha value is -2.04. The van der Waals surface area contributed by atoms with Crippen LogP contribution in [0.25, 0.3) is 0 Å². The number of hydroxylamine groups is 1. The van der Waals surface area contributed by atoms with E-state index in [-0.39, 0.29) is 17.3 Å². The molecule has 1 unspecified atom stereocenters. The van der Waals surface area contributed by atoms with Crippen LogP contribution < -0.4 is 5.48 Å². The molecular formula is C14H13NO3. The minimum atomic E-state index is -0.207. The molecule has 1 aromatic rings. The Balaban J connectivity index is 0.000000138. The highest BCUT2D eigenvalue weighted by atomic mass is 16.8. The highest BCUT2D eigenvalue weighted by Crippen LogP contribution is 2.30. The van der Waals surface area contributed by atoms with Gasteiger partial charge in [-0.25, -0.2) is 0 Å². The van der Waals surface area contributed by atoms with Crippen molar-refractivity contribution in [2.45, 2.75) is 12.6 Å². The molecule has 2 aliphatic rings.